The van der Waals surface area contributed by atoms with Crippen molar-refractivity contribution >= 4 is 5.96 Å². The molecule has 1 fully saturated rings. The Morgan fingerprint density at radius 3 is 2.69 bits per heavy atom. The zero-order chi connectivity index (χ0) is 20.7. The fourth-order valence-electron chi connectivity index (χ4n) is 3.76. The first-order valence-electron chi connectivity index (χ1n) is 11.2. The van der Waals surface area contributed by atoms with E-state index in [1.165, 1.54) is 5.56 Å². The van der Waals surface area contributed by atoms with Crippen LogP contribution < -0.4 is 10.6 Å². The van der Waals surface area contributed by atoms with Gasteiger partial charge < -0.3 is 20.1 Å². The van der Waals surface area contributed by atoms with Crippen molar-refractivity contribution in [2.24, 2.45) is 4.99 Å². The van der Waals surface area contributed by atoms with Crippen molar-refractivity contribution in [2.75, 3.05) is 53.0 Å². The molecule has 0 bridgehead atoms. The number of hydrogen-bond donors (Lipinski definition) is 2. The van der Waals surface area contributed by atoms with Crippen LogP contribution >= 0.6 is 0 Å². The maximum absolute atomic E-state index is 5.73. The first-order valence-corrected chi connectivity index (χ1v) is 11.2. The van der Waals surface area contributed by atoms with Crippen LogP contribution in [0.25, 0.3) is 0 Å². The molecule has 1 heterocycles. The molecule has 2 N–H and O–H groups in total. The first kappa shape index (κ1) is 23.6. The lowest BCUT2D eigenvalue weighted by Crippen LogP contribution is -2.48. The van der Waals surface area contributed by atoms with Gasteiger partial charge in [0, 0.05) is 39.4 Å². The summed E-state index contributed by atoms with van der Waals surface area (Å²) in [6.45, 7) is 10.6. The minimum absolute atomic E-state index is 0.305. The summed E-state index contributed by atoms with van der Waals surface area (Å²) in [5.74, 6) is 0.856. The van der Waals surface area contributed by atoms with E-state index in [2.05, 4.69) is 64.7 Å². The number of ether oxygens (including phenoxy) is 2. The van der Waals surface area contributed by atoms with E-state index in [1.54, 1.807) is 0 Å². The predicted octanol–water partition coefficient (Wildman–Crippen LogP) is 2.69. The number of rotatable bonds is 13. The highest BCUT2D eigenvalue weighted by Crippen LogP contribution is 2.12. The molecule has 1 aromatic rings. The molecule has 164 valence electrons. The van der Waals surface area contributed by atoms with Gasteiger partial charge in [-0.15, -0.1) is 0 Å². The minimum atomic E-state index is 0.305. The van der Waals surface area contributed by atoms with E-state index in [4.69, 9.17) is 9.47 Å². The van der Waals surface area contributed by atoms with Gasteiger partial charge >= 0.3 is 0 Å². The molecule has 2 rings (SSSR count). The van der Waals surface area contributed by atoms with E-state index in [-0.39, 0.29) is 0 Å². The fraction of sp³-hybridized carbons (Fsp3) is 0.696. The molecule has 0 aromatic heterocycles. The molecule has 6 nitrogen and oxygen atoms in total. The van der Waals surface area contributed by atoms with E-state index in [9.17, 15) is 0 Å². The Labute approximate surface area is 177 Å². The Kier molecular flexibility index (Phi) is 11.7. The van der Waals surface area contributed by atoms with Gasteiger partial charge in [-0.1, -0.05) is 44.2 Å². The molecule has 0 aliphatic carbocycles. The number of hydrogen-bond acceptors (Lipinski definition) is 4. The summed E-state index contributed by atoms with van der Waals surface area (Å²) >= 11 is 0. The number of likely N-dealkylation sites (N-methyl/N-ethyl adjacent to an activating group) is 1. The maximum Gasteiger partial charge on any atom is 0.191 e. The van der Waals surface area contributed by atoms with Crippen molar-refractivity contribution in [2.45, 2.75) is 51.7 Å². The third-order valence-corrected chi connectivity index (χ3v) is 5.46. The highest BCUT2D eigenvalue weighted by molar-refractivity contribution is 5.79. The van der Waals surface area contributed by atoms with Crippen LogP contribution in [0.2, 0.25) is 0 Å². The lowest BCUT2D eigenvalue weighted by molar-refractivity contribution is 0.0168. The van der Waals surface area contributed by atoms with Gasteiger partial charge in [-0.05, 0) is 44.3 Å². The van der Waals surface area contributed by atoms with Crippen molar-refractivity contribution < 1.29 is 9.47 Å². The lowest BCUT2D eigenvalue weighted by Gasteiger charge is -2.30. The topological polar surface area (TPSA) is 58.1 Å². The number of benzene rings is 1. The van der Waals surface area contributed by atoms with Crippen molar-refractivity contribution in [1.82, 2.24) is 15.5 Å². The van der Waals surface area contributed by atoms with Gasteiger partial charge in [-0.2, -0.15) is 0 Å². The van der Waals surface area contributed by atoms with Gasteiger partial charge in [-0.3, -0.25) is 9.89 Å². The van der Waals surface area contributed by atoms with Crippen LogP contribution in [0.3, 0.4) is 0 Å². The van der Waals surface area contributed by atoms with Crippen molar-refractivity contribution in [3.05, 3.63) is 35.9 Å². The molecule has 2 unspecified atom stereocenters. The Balaban J connectivity index is 1.69. The van der Waals surface area contributed by atoms with E-state index < -0.39 is 0 Å². The first-order chi connectivity index (χ1) is 14.3. The monoisotopic (exact) mass is 404 g/mol. The van der Waals surface area contributed by atoms with Crippen molar-refractivity contribution in [3.63, 3.8) is 0 Å². The summed E-state index contributed by atoms with van der Waals surface area (Å²) in [6, 6.07) is 11.2. The highest BCUT2D eigenvalue weighted by atomic mass is 16.5. The molecule has 0 saturated carbocycles. The largest absolute Gasteiger partial charge is 0.379 e. The summed E-state index contributed by atoms with van der Waals surface area (Å²) in [6.07, 6.45) is 4.58. The van der Waals surface area contributed by atoms with Crippen LogP contribution in [0.15, 0.2) is 35.3 Å². The van der Waals surface area contributed by atoms with Crippen LogP contribution in [0, 0.1) is 0 Å². The van der Waals surface area contributed by atoms with Crippen LogP contribution in [0.1, 0.15) is 38.7 Å². The molecule has 1 aromatic carbocycles. The van der Waals surface area contributed by atoms with E-state index >= 15 is 0 Å². The van der Waals surface area contributed by atoms with E-state index in [0.29, 0.717) is 12.1 Å². The second kappa shape index (κ2) is 14.4. The summed E-state index contributed by atoms with van der Waals surface area (Å²) < 4.78 is 11.3. The van der Waals surface area contributed by atoms with Crippen LogP contribution in [0.4, 0.5) is 0 Å². The molecular weight excluding hydrogens is 364 g/mol. The van der Waals surface area contributed by atoms with Gasteiger partial charge in [0.05, 0.1) is 12.7 Å². The summed E-state index contributed by atoms with van der Waals surface area (Å²) in [5.41, 5.74) is 1.37. The van der Waals surface area contributed by atoms with Crippen molar-refractivity contribution in [1.29, 1.82) is 0 Å². The third kappa shape index (κ3) is 9.15. The Hall–Kier alpha value is -1.63. The number of nitrogens with one attached hydrogen (secondary N) is 2. The Morgan fingerprint density at radius 1 is 1.24 bits per heavy atom. The third-order valence-electron chi connectivity index (χ3n) is 5.46. The normalized spacial score (nSPS) is 18.2. The number of aliphatic imine (C=N–C) groups is 1. The SMILES string of the molecule is CCN(CC)C(CNC(=NC)NCCCOCC1CCCO1)Cc1ccccc1. The highest BCUT2D eigenvalue weighted by Gasteiger charge is 2.17. The standard InChI is InChI=1S/C23H40N4O2/c1-4-27(5-2)21(17-20-11-7-6-8-12-20)18-26-23(24-3)25-14-10-15-28-19-22-13-9-16-29-22/h6-8,11-12,21-22H,4-5,9-10,13-19H2,1-3H3,(H2,24,25,26). The fourth-order valence-corrected chi connectivity index (χ4v) is 3.76. The van der Waals surface area contributed by atoms with E-state index in [1.807, 2.05) is 7.05 Å². The second-order valence-corrected chi connectivity index (χ2v) is 7.51. The average molecular weight is 405 g/mol. The molecule has 6 heteroatoms. The van der Waals surface area contributed by atoms with Crippen LogP contribution in [0.5, 0.6) is 0 Å². The molecule has 2 atom stereocenters. The van der Waals surface area contributed by atoms with Gasteiger partial charge in [0.15, 0.2) is 5.96 Å². The molecule has 1 aliphatic heterocycles. The average Bonchev–Trinajstić information content (AvgIpc) is 3.27. The Bertz CT molecular complexity index is 557. The van der Waals surface area contributed by atoms with Gasteiger partial charge in [0.1, 0.15) is 0 Å². The quantitative estimate of drug-likeness (QED) is 0.301. The predicted molar refractivity (Wildman–Crippen MR) is 121 cm³/mol. The zero-order valence-electron chi connectivity index (χ0n) is 18.5. The Morgan fingerprint density at radius 2 is 2.03 bits per heavy atom. The van der Waals surface area contributed by atoms with E-state index in [0.717, 1.165) is 77.6 Å². The number of guanidine groups is 1. The summed E-state index contributed by atoms with van der Waals surface area (Å²) in [4.78, 5) is 6.88. The summed E-state index contributed by atoms with van der Waals surface area (Å²) in [7, 11) is 1.83. The van der Waals surface area contributed by atoms with Gasteiger partial charge in [-0.25, -0.2) is 0 Å². The molecule has 0 amide bonds. The van der Waals surface area contributed by atoms with Crippen LogP contribution in [-0.2, 0) is 15.9 Å². The second-order valence-electron chi connectivity index (χ2n) is 7.51. The van der Waals surface area contributed by atoms with Gasteiger partial charge in [0.2, 0.25) is 0 Å². The molecule has 0 radical (unpaired) electrons. The smallest absolute Gasteiger partial charge is 0.191 e. The van der Waals surface area contributed by atoms with Crippen LogP contribution in [-0.4, -0.2) is 76.1 Å². The molecule has 1 saturated heterocycles. The molecular formula is C23H40N4O2. The minimum Gasteiger partial charge on any atom is -0.379 e. The summed E-state index contributed by atoms with van der Waals surface area (Å²) in [5, 5.41) is 6.91. The zero-order valence-corrected chi connectivity index (χ0v) is 18.5. The molecule has 29 heavy (non-hydrogen) atoms. The number of nitrogens with zero attached hydrogens (tertiary/aromatic N) is 2. The van der Waals surface area contributed by atoms with Gasteiger partial charge in [0.25, 0.3) is 0 Å². The van der Waals surface area contributed by atoms with Crippen molar-refractivity contribution in [3.8, 4) is 0 Å². The maximum atomic E-state index is 5.73. The molecule has 1 aliphatic rings. The molecule has 0 spiro atoms. The lowest BCUT2D eigenvalue weighted by atomic mass is 10.0.